The Labute approximate surface area is 241 Å². The normalized spacial score (nSPS) is 17.9. The third-order valence-electron chi connectivity index (χ3n) is 8.15. The van der Waals surface area contributed by atoms with Crippen LogP contribution in [0.5, 0.6) is 0 Å². The van der Waals surface area contributed by atoms with Crippen LogP contribution in [0.1, 0.15) is 123 Å². The maximum Gasteiger partial charge on any atom is 0.0911 e. The Hall–Kier alpha value is -3.27. The highest BCUT2D eigenvalue weighted by Gasteiger charge is 2.31. The zero-order valence-electron chi connectivity index (χ0n) is 26.6. The molecule has 0 aromatic carbocycles. The second-order valence-electron chi connectivity index (χ2n) is 15.8. The highest BCUT2D eigenvalue weighted by molar-refractivity contribution is 6.10. The number of aromatic nitrogens is 3. The van der Waals surface area contributed by atoms with Crippen LogP contribution in [0.2, 0.25) is 0 Å². The Morgan fingerprint density at radius 2 is 0.925 bits per heavy atom. The van der Waals surface area contributed by atoms with Crippen molar-refractivity contribution < 1.29 is 0 Å². The molecule has 1 unspecified atom stereocenters. The van der Waals surface area contributed by atoms with Crippen LogP contribution in [0.15, 0.2) is 40.9 Å². The second kappa shape index (κ2) is 9.12. The van der Waals surface area contributed by atoms with Gasteiger partial charge in [0.25, 0.3) is 0 Å². The van der Waals surface area contributed by atoms with Gasteiger partial charge in [-0.05, 0) is 86.4 Å². The molecular formula is C36H48N4. The molecule has 2 aliphatic rings. The van der Waals surface area contributed by atoms with E-state index in [1.807, 2.05) is 0 Å². The molecule has 2 aliphatic heterocycles. The van der Waals surface area contributed by atoms with Gasteiger partial charge in [-0.2, -0.15) is 0 Å². The molecule has 8 bridgehead atoms. The summed E-state index contributed by atoms with van der Waals surface area (Å²) in [5, 5.41) is 0. The van der Waals surface area contributed by atoms with E-state index in [-0.39, 0.29) is 27.7 Å². The molecule has 5 rings (SSSR count). The average Bonchev–Trinajstić information content (AvgIpc) is 3.56. The van der Waals surface area contributed by atoms with Crippen molar-refractivity contribution in [3.63, 3.8) is 0 Å². The van der Waals surface area contributed by atoms with Crippen molar-refractivity contribution in [3.05, 3.63) is 75.4 Å². The Balaban J connectivity index is 1.79. The topological polar surface area (TPSA) is 59.7 Å². The van der Waals surface area contributed by atoms with Gasteiger partial charge in [0.1, 0.15) is 0 Å². The number of H-pyrrole nitrogens is 3. The highest BCUT2D eigenvalue weighted by atomic mass is 14.9. The Kier molecular flexibility index (Phi) is 6.45. The minimum atomic E-state index is -0.0101. The fraction of sp³-hybridized carbons (Fsp3) is 0.472. The summed E-state index contributed by atoms with van der Waals surface area (Å²) in [4.78, 5) is 16.6. The van der Waals surface area contributed by atoms with Gasteiger partial charge in [0.15, 0.2) is 0 Å². The van der Waals surface area contributed by atoms with Crippen molar-refractivity contribution in [1.82, 2.24) is 15.0 Å². The predicted octanol–water partition coefficient (Wildman–Crippen LogP) is 9.57. The van der Waals surface area contributed by atoms with E-state index in [2.05, 4.69) is 147 Å². The van der Waals surface area contributed by atoms with Crippen LogP contribution < -0.4 is 0 Å². The van der Waals surface area contributed by atoms with E-state index in [9.17, 15) is 0 Å². The summed E-state index contributed by atoms with van der Waals surface area (Å²) in [5.41, 5.74) is 13.0. The first kappa shape index (κ1) is 28.3. The van der Waals surface area contributed by atoms with Crippen LogP contribution in [-0.2, 0) is 16.2 Å². The molecule has 40 heavy (non-hydrogen) atoms. The van der Waals surface area contributed by atoms with E-state index < -0.39 is 0 Å². The second-order valence-corrected chi connectivity index (χ2v) is 15.8. The monoisotopic (exact) mass is 536 g/mol. The van der Waals surface area contributed by atoms with Crippen LogP contribution in [0, 0.1) is 5.41 Å². The minimum Gasteiger partial charge on any atom is -0.354 e. The zero-order valence-corrected chi connectivity index (χ0v) is 26.6. The van der Waals surface area contributed by atoms with Gasteiger partial charge >= 0.3 is 0 Å². The number of hydrogen-bond donors (Lipinski definition) is 3. The van der Waals surface area contributed by atoms with Gasteiger partial charge in [-0.1, -0.05) is 89.2 Å². The van der Waals surface area contributed by atoms with Gasteiger partial charge in [0, 0.05) is 17.1 Å². The van der Waals surface area contributed by atoms with E-state index in [4.69, 9.17) is 4.99 Å². The van der Waals surface area contributed by atoms with Crippen molar-refractivity contribution in [2.45, 2.75) is 105 Å². The zero-order chi connectivity index (χ0) is 29.4. The maximum absolute atomic E-state index is 5.27. The summed E-state index contributed by atoms with van der Waals surface area (Å²) in [6.45, 7) is 27.4. The van der Waals surface area contributed by atoms with Crippen LogP contribution in [0.3, 0.4) is 0 Å². The molecule has 1 atom stereocenters. The lowest BCUT2D eigenvalue weighted by atomic mass is 9.82. The minimum absolute atomic E-state index is 0.00280. The molecular weight excluding hydrogens is 488 g/mol. The molecule has 0 saturated heterocycles. The number of nitrogens with zero attached hydrogens (tertiary/aromatic N) is 1. The standard InChI is InChI=1S/C36H48N4/c1-33(2,3)21-17-29-30-18-22(34(4,5)6)27(38-30)15-16-28-24(36(10,11)12)20-32(40-28)31-19-23(35(7,8)9)26(39-31)14-13-25(21)37-29/h13-20,25,38-40H,1-12H3. The summed E-state index contributed by atoms with van der Waals surface area (Å²) in [7, 11) is 0. The van der Waals surface area contributed by atoms with Crippen LogP contribution in [0.25, 0.3) is 29.6 Å². The molecule has 4 heteroatoms. The molecule has 0 amide bonds. The molecule has 0 fully saturated rings. The third kappa shape index (κ3) is 5.25. The van der Waals surface area contributed by atoms with Gasteiger partial charge in [0.2, 0.25) is 0 Å². The van der Waals surface area contributed by atoms with Crippen molar-refractivity contribution in [2.75, 3.05) is 0 Å². The van der Waals surface area contributed by atoms with E-state index >= 15 is 0 Å². The Morgan fingerprint density at radius 1 is 0.525 bits per heavy atom. The number of allylic oxidation sites excluding steroid dienone is 1. The fourth-order valence-electron chi connectivity index (χ4n) is 5.89. The maximum atomic E-state index is 5.27. The smallest absolute Gasteiger partial charge is 0.0911 e. The van der Waals surface area contributed by atoms with Crippen LogP contribution >= 0.6 is 0 Å². The quantitative estimate of drug-likeness (QED) is 0.256. The molecule has 0 saturated carbocycles. The number of aromatic amines is 3. The predicted molar refractivity (Wildman–Crippen MR) is 173 cm³/mol. The van der Waals surface area contributed by atoms with Gasteiger partial charge in [0.05, 0.1) is 28.8 Å². The summed E-state index contributed by atoms with van der Waals surface area (Å²) in [6.07, 6.45) is 11.3. The van der Waals surface area contributed by atoms with E-state index in [0.29, 0.717) is 0 Å². The van der Waals surface area contributed by atoms with Gasteiger partial charge in [-0.3, -0.25) is 4.99 Å². The summed E-state index contributed by atoms with van der Waals surface area (Å²) < 4.78 is 0. The lowest BCUT2D eigenvalue weighted by Crippen LogP contribution is -2.17. The average molecular weight is 537 g/mol. The molecule has 0 spiro atoms. The molecule has 3 aromatic heterocycles. The van der Waals surface area contributed by atoms with Gasteiger partial charge < -0.3 is 15.0 Å². The van der Waals surface area contributed by atoms with Crippen molar-refractivity contribution in [2.24, 2.45) is 10.4 Å². The van der Waals surface area contributed by atoms with Crippen molar-refractivity contribution in [1.29, 1.82) is 0 Å². The molecule has 3 aromatic rings. The summed E-state index contributed by atoms with van der Waals surface area (Å²) in [6, 6.07) is 6.94. The molecule has 4 nitrogen and oxygen atoms in total. The lowest BCUT2D eigenvalue weighted by Gasteiger charge is -2.24. The first-order chi connectivity index (χ1) is 18.3. The number of hydrogen-bond acceptors (Lipinski definition) is 1. The highest BCUT2D eigenvalue weighted by Crippen LogP contribution is 2.39. The third-order valence-corrected chi connectivity index (χ3v) is 8.15. The number of nitrogens with one attached hydrogen (secondary N) is 3. The molecule has 5 heterocycles. The molecule has 0 aliphatic carbocycles. The Bertz CT molecular complexity index is 1560. The molecule has 0 radical (unpaired) electrons. The number of rotatable bonds is 0. The fourth-order valence-corrected chi connectivity index (χ4v) is 5.89. The number of aliphatic imine (C=N–C) groups is 1. The van der Waals surface area contributed by atoms with Gasteiger partial charge in [-0.15, -0.1) is 0 Å². The van der Waals surface area contributed by atoms with Crippen molar-refractivity contribution in [3.8, 4) is 11.4 Å². The largest absolute Gasteiger partial charge is 0.354 e. The first-order valence-electron chi connectivity index (χ1n) is 14.7. The van der Waals surface area contributed by atoms with Gasteiger partial charge in [-0.25, -0.2) is 0 Å². The first-order valence-corrected chi connectivity index (χ1v) is 14.7. The SMILES string of the molecule is CC(C)(C)C1=CC2=NC1C=Cc1[nH]c(cc1C(C)(C)C)-c1cc(C(C)(C)C)c([nH]1)C=Cc1[nH]c2cc1C(C)(C)C. The Morgan fingerprint density at radius 3 is 1.35 bits per heavy atom. The lowest BCUT2D eigenvalue weighted by molar-refractivity contribution is 0.484. The summed E-state index contributed by atoms with van der Waals surface area (Å²) >= 11 is 0. The summed E-state index contributed by atoms with van der Waals surface area (Å²) in [5.74, 6) is 0. The number of fused-ring (bicyclic) bond motifs is 9. The van der Waals surface area contributed by atoms with E-state index in [1.54, 1.807) is 0 Å². The van der Waals surface area contributed by atoms with Crippen LogP contribution in [-0.4, -0.2) is 26.7 Å². The van der Waals surface area contributed by atoms with Crippen LogP contribution in [0.4, 0.5) is 0 Å². The van der Waals surface area contributed by atoms with Crippen molar-refractivity contribution >= 4 is 23.9 Å². The molecule has 3 N–H and O–H groups in total. The van der Waals surface area contributed by atoms with E-state index in [1.165, 1.54) is 22.3 Å². The van der Waals surface area contributed by atoms with E-state index in [0.717, 1.165) is 39.9 Å². The molecule has 212 valence electrons.